The Morgan fingerprint density at radius 3 is 3.00 bits per heavy atom. The summed E-state index contributed by atoms with van der Waals surface area (Å²) in [6, 6.07) is 8.83. The van der Waals surface area contributed by atoms with Gasteiger partial charge in [0.05, 0.1) is 0 Å². The van der Waals surface area contributed by atoms with Crippen molar-refractivity contribution >= 4 is 11.5 Å². The molecule has 0 amide bonds. The van der Waals surface area contributed by atoms with Crippen LogP contribution >= 0.6 is 0 Å². The van der Waals surface area contributed by atoms with Crippen molar-refractivity contribution in [1.82, 2.24) is 0 Å². The zero-order chi connectivity index (χ0) is 11.1. The molecule has 0 aromatic heterocycles. The Morgan fingerprint density at radius 2 is 2.12 bits per heavy atom. The molecule has 2 atom stereocenters. The molecule has 2 aliphatic rings. The first-order valence-corrected chi connectivity index (χ1v) is 5.85. The first-order chi connectivity index (χ1) is 7.77. The van der Waals surface area contributed by atoms with Crippen LogP contribution in [-0.2, 0) is 11.2 Å². The van der Waals surface area contributed by atoms with Crippen LogP contribution in [0.3, 0.4) is 0 Å². The summed E-state index contributed by atoms with van der Waals surface area (Å²) in [6.45, 7) is 2.04. The Bertz CT molecular complexity index is 464. The summed E-state index contributed by atoms with van der Waals surface area (Å²) in [7, 11) is 0. The summed E-state index contributed by atoms with van der Waals surface area (Å²) < 4.78 is 0. The van der Waals surface area contributed by atoms with Crippen LogP contribution in [0.2, 0.25) is 0 Å². The number of aryl methyl sites for hydroxylation is 1. The molecule has 0 saturated carbocycles. The highest BCUT2D eigenvalue weighted by molar-refractivity contribution is 5.94. The topological polar surface area (TPSA) is 20.3 Å². The lowest BCUT2D eigenvalue weighted by Crippen LogP contribution is -2.45. The zero-order valence-electron chi connectivity index (χ0n) is 9.39. The van der Waals surface area contributed by atoms with Gasteiger partial charge in [-0.2, -0.15) is 0 Å². The second-order valence-electron chi connectivity index (χ2n) is 4.65. The third kappa shape index (κ3) is 1.29. The normalized spacial score (nSPS) is 27.6. The minimum Gasteiger partial charge on any atom is -0.344 e. The monoisotopic (exact) mass is 213 g/mol. The number of fused-ring (bicyclic) bond motifs is 3. The smallest absolute Gasteiger partial charge is 0.162 e. The molecule has 16 heavy (non-hydrogen) atoms. The van der Waals surface area contributed by atoms with Gasteiger partial charge in [0.15, 0.2) is 5.78 Å². The minimum absolute atomic E-state index is 0.123. The molecule has 0 aliphatic carbocycles. The van der Waals surface area contributed by atoms with E-state index in [0.29, 0.717) is 6.04 Å². The van der Waals surface area contributed by atoms with Crippen LogP contribution < -0.4 is 4.90 Å². The van der Waals surface area contributed by atoms with Gasteiger partial charge in [0.25, 0.3) is 0 Å². The Morgan fingerprint density at radius 1 is 1.31 bits per heavy atom. The Kier molecular flexibility index (Phi) is 2.10. The fourth-order valence-corrected chi connectivity index (χ4v) is 2.77. The summed E-state index contributed by atoms with van der Waals surface area (Å²) in [5.41, 5.74) is 2.67. The summed E-state index contributed by atoms with van der Waals surface area (Å²) in [4.78, 5) is 13.9. The van der Waals surface area contributed by atoms with Crippen molar-refractivity contribution in [1.29, 1.82) is 0 Å². The van der Waals surface area contributed by atoms with Gasteiger partial charge in [-0.05, 0) is 30.5 Å². The van der Waals surface area contributed by atoms with Crippen molar-refractivity contribution in [3.05, 3.63) is 42.1 Å². The van der Waals surface area contributed by atoms with Gasteiger partial charge in [-0.1, -0.05) is 25.1 Å². The van der Waals surface area contributed by atoms with Crippen molar-refractivity contribution in [3.63, 3.8) is 0 Å². The number of hydrogen-bond donors (Lipinski definition) is 0. The van der Waals surface area contributed by atoms with E-state index in [4.69, 9.17) is 0 Å². The molecule has 0 radical (unpaired) electrons. The number of hydrogen-bond acceptors (Lipinski definition) is 2. The van der Waals surface area contributed by atoms with Crippen LogP contribution in [0.1, 0.15) is 18.9 Å². The Balaban J connectivity index is 2.08. The quantitative estimate of drug-likeness (QED) is 0.660. The van der Waals surface area contributed by atoms with E-state index in [1.165, 1.54) is 11.3 Å². The first kappa shape index (κ1) is 9.64. The van der Waals surface area contributed by atoms with Crippen molar-refractivity contribution in [2.75, 3.05) is 4.90 Å². The lowest BCUT2D eigenvalue weighted by atomic mass is 9.84. The van der Waals surface area contributed by atoms with Gasteiger partial charge >= 0.3 is 0 Å². The highest BCUT2D eigenvalue weighted by Crippen LogP contribution is 2.35. The number of allylic oxidation sites excluding steroid dienone is 1. The molecular weight excluding hydrogens is 198 g/mol. The predicted molar refractivity (Wildman–Crippen MR) is 64.3 cm³/mol. The van der Waals surface area contributed by atoms with E-state index < -0.39 is 0 Å². The maximum absolute atomic E-state index is 11.6. The number of nitrogens with zero attached hydrogens (tertiary/aromatic N) is 1. The zero-order valence-corrected chi connectivity index (χ0v) is 9.39. The molecule has 0 saturated heterocycles. The highest BCUT2D eigenvalue weighted by Gasteiger charge is 2.34. The predicted octanol–water partition coefficient (Wildman–Crippen LogP) is 2.54. The third-order valence-corrected chi connectivity index (χ3v) is 3.76. The second-order valence-corrected chi connectivity index (χ2v) is 4.65. The molecule has 3 rings (SSSR count). The van der Waals surface area contributed by atoms with E-state index in [1.807, 2.05) is 13.1 Å². The number of ketones is 1. The van der Waals surface area contributed by atoms with Crippen molar-refractivity contribution in [3.8, 4) is 0 Å². The second kappa shape index (κ2) is 3.48. The Hall–Kier alpha value is -1.57. The van der Waals surface area contributed by atoms with E-state index >= 15 is 0 Å². The standard InChI is InChI=1S/C14H15NO/c1-10-12-7-6-11-4-2-3-5-13(11)15(12)9-8-14(10)16/h2-5,8-10,12H,6-7H2,1H3/t10-,12+/m1/s1. The summed E-state index contributed by atoms with van der Waals surface area (Å²) in [6.07, 6.45) is 5.82. The summed E-state index contributed by atoms with van der Waals surface area (Å²) >= 11 is 0. The molecule has 0 bridgehead atoms. The molecule has 82 valence electrons. The molecule has 0 unspecified atom stereocenters. The van der Waals surface area contributed by atoms with Crippen molar-refractivity contribution in [2.24, 2.45) is 5.92 Å². The fourth-order valence-electron chi connectivity index (χ4n) is 2.77. The number of benzene rings is 1. The van der Waals surface area contributed by atoms with Crippen molar-refractivity contribution in [2.45, 2.75) is 25.8 Å². The minimum atomic E-state index is 0.123. The van der Waals surface area contributed by atoms with Crippen LogP contribution in [0.25, 0.3) is 0 Å². The average Bonchev–Trinajstić information content (AvgIpc) is 2.33. The lowest BCUT2D eigenvalue weighted by Gasteiger charge is -2.41. The van der Waals surface area contributed by atoms with Gasteiger partial charge < -0.3 is 4.90 Å². The maximum Gasteiger partial charge on any atom is 0.162 e. The molecule has 2 heterocycles. The van der Waals surface area contributed by atoms with Gasteiger partial charge in [-0.3, -0.25) is 4.79 Å². The number of carbonyl (C=O) groups excluding carboxylic acids is 1. The number of rotatable bonds is 0. The molecule has 1 aromatic rings. The van der Waals surface area contributed by atoms with Gasteiger partial charge in [0, 0.05) is 23.8 Å². The summed E-state index contributed by atoms with van der Waals surface area (Å²) in [5, 5.41) is 0. The number of para-hydroxylation sites is 1. The Labute approximate surface area is 95.6 Å². The van der Waals surface area contributed by atoms with Gasteiger partial charge in [-0.15, -0.1) is 0 Å². The largest absolute Gasteiger partial charge is 0.344 e. The van der Waals surface area contributed by atoms with Crippen LogP contribution in [0, 0.1) is 5.92 Å². The lowest BCUT2D eigenvalue weighted by molar-refractivity contribution is -0.118. The van der Waals surface area contributed by atoms with E-state index in [0.717, 1.165) is 12.8 Å². The fraction of sp³-hybridized carbons (Fsp3) is 0.357. The average molecular weight is 213 g/mol. The number of carbonyl (C=O) groups is 1. The molecule has 0 fully saturated rings. The molecule has 2 nitrogen and oxygen atoms in total. The van der Waals surface area contributed by atoms with Crippen LogP contribution in [0.15, 0.2) is 36.5 Å². The highest BCUT2D eigenvalue weighted by atomic mass is 16.1. The van der Waals surface area contributed by atoms with Gasteiger partial charge in [0.2, 0.25) is 0 Å². The van der Waals surface area contributed by atoms with E-state index in [2.05, 4.69) is 29.2 Å². The maximum atomic E-state index is 11.6. The molecule has 0 spiro atoms. The molecule has 1 aromatic carbocycles. The van der Waals surface area contributed by atoms with Gasteiger partial charge in [-0.25, -0.2) is 0 Å². The van der Waals surface area contributed by atoms with Crippen LogP contribution in [0.4, 0.5) is 5.69 Å². The SMILES string of the molecule is C[C@H]1C(=O)C=CN2c3ccccc3CC[C@@H]12. The molecule has 0 N–H and O–H groups in total. The van der Waals surface area contributed by atoms with E-state index in [-0.39, 0.29) is 11.7 Å². The summed E-state index contributed by atoms with van der Waals surface area (Å²) in [5.74, 6) is 0.388. The van der Waals surface area contributed by atoms with Crippen LogP contribution in [0.5, 0.6) is 0 Å². The molecule has 2 aliphatic heterocycles. The first-order valence-electron chi connectivity index (χ1n) is 5.85. The van der Waals surface area contributed by atoms with Crippen LogP contribution in [-0.4, -0.2) is 11.8 Å². The van der Waals surface area contributed by atoms with E-state index in [1.54, 1.807) is 6.08 Å². The van der Waals surface area contributed by atoms with Crippen molar-refractivity contribution < 1.29 is 4.79 Å². The van der Waals surface area contributed by atoms with Gasteiger partial charge in [0.1, 0.15) is 0 Å². The van der Waals surface area contributed by atoms with E-state index in [9.17, 15) is 4.79 Å². The molecule has 2 heteroatoms. The third-order valence-electron chi connectivity index (χ3n) is 3.76. The number of anilines is 1. The molecular formula is C14H15NO.